The molecule has 1 rings (SSSR count). The zero-order chi connectivity index (χ0) is 12.7. The Morgan fingerprint density at radius 3 is 1.33 bits per heavy atom. The summed E-state index contributed by atoms with van der Waals surface area (Å²) in [4.78, 5) is -1.62. The van der Waals surface area contributed by atoms with Gasteiger partial charge in [0.1, 0.15) is 20.2 Å². The van der Waals surface area contributed by atoms with Crippen LogP contribution in [0.4, 0.5) is 0 Å². The Morgan fingerprint density at radius 1 is 0.833 bits per heavy atom. The molecule has 12 heteroatoms. The van der Waals surface area contributed by atoms with Gasteiger partial charge in [-0.15, -0.1) is 0 Å². The molecule has 1 aromatic rings. The Balaban J connectivity index is 0. The minimum Gasteiger partial charge on any atom is -0.744 e. The third kappa shape index (κ3) is 5.29. The third-order valence-corrected chi connectivity index (χ3v) is 5.07. The Bertz CT molecular complexity index is 589. The Kier molecular flexibility index (Phi) is 8.69. The molecule has 0 fully saturated rings. The fourth-order valence-electron chi connectivity index (χ4n) is 0.904. The Hall–Kier alpha value is 1.19. The van der Waals surface area contributed by atoms with Crippen molar-refractivity contribution in [1.29, 1.82) is 0 Å². The Morgan fingerprint density at radius 2 is 1.11 bits per heavy atom. The number of rotatable bonds is 2. The first-order valence-electron chi connectivity index (χ1n) is 3.44. The molecule has 0 bridgehead atoms. The normalized spacial score (nSPS) is 11.3. The molecule has 0 atom stereocenters. The van der Waals surface area contributed by atoms with E-state index in [1.54, 1.807) is 0 Å². The molecule has 0 spiro atoms. The van der Waals surface area contributed by atoms with E-state index >= 15 is 0 Å². The van der Waals surface area contributed by atoms with E-state index in [0.29, 0.717) is 0 Å². The van der Waals surface area contributed by atoms with Crippen molar-refractivity contribution in [2.45, 2.75) is 9.79 Å². The monoisotopic (exact) mass is 406 g/mol. The van der Waals surface area contributed by atoms with Gasteiger partial charge in [-0.25, -0.2) is 16.8 Å². The SMILES string of the molecule is O=S(=O)([O-])c1cc(Br)cc(S(=O)(=O)[O-])c1Br.[Li+].[Li+]. The van der Waals surface area contributed by atoms with E-state index in [0.717, 1.165) is 12.1 Å². The molecule has 18 heavy (non-hydrogen) atoms. The molecule has 0 amide bonds. The van der Waals surface area contributed by atoms with Crippen molar-refractivity contribution in [1.82, 2.24) is 0 Å². The van der Waals surface area contributed by atoms with Crippen LogP contribution in [0.5, 0.6) is 0 Å². The average molecular weight is 408 g/mol. The molecule has 0 radical (unpaired) electrons. The molecule has 6 nitrogen and oxygen atoms in total. The van der Waals surface area contributed by atoms with Crippen molar-refractivity contribution in [2.75, 3.05) is 0 Å². The van der Waals surface area contributed by atoms with Crippen LogP contribution in [-0.2, 0) is 20.2 Å². The van der Waals surface area contributed by atoms with Gasteiger partial charge in [0.05, 0.1) is 14.3 Å². The maximum atomic E-state index is 10.8. The van der Waals surface area contributed by atoms with E-state index < -0.39 is 34.5 Å². The first-order valence-corrected chi connectivity index (χ1v) is 7.84. The average Bonchev–Trinajstić information content (AvgIpc) is 2.04. The van der Waals surface area contributed by atoms with Crippen LogP contribution in [0.2, 0.25) is 0 Å². The second-order valence-electron chi connectivity index (χ2n) is 2.62. The first kappa shape index (κ1) is 21.5. The van der Waals surface area contributed by atoms with Crippen LogP contribution in [0, 0.1) is 0 Å². The predicted molar refractivity (Wildman–Crippen MR) is 57.8 cm³/mol. The van der Waals surface area contributed by atoms with Crippen LogP contribution in [0.3, 0.4) is 0 Å². The van der Waals surface area contributed by atoms with Crippen LogP contribution in [0.1, 0.15) is 0 Å². The molecule has 0 unspecified atom stereocenters. The largest absolute Gasteiger partial charge is 1.00 e. The summed E-state index contributed by atoms with van der Waals surface area (Å²) < 4.78 is 64.1. The van der Waals surface area contributed by atoms with Crippen LogP contribution >= 0.6 is 31.9 Å². The first-order chi connectivity index (χ1) is 7.03. The summed E-state index contributed by atoms with van der Waals surface area (Å²) in [6, 6.07) is 1.81. The third-order valence-electron chi connectivity index (χ3n) is 1.51. The topological polar surface area (TPSA) is 114 Å². The minimum atomic E-state index is -4.87. The molecule has 1 aromatic carbocycles. The predicted octanol–water partition coefficient (Wildman–Crippen LogP) is -4.97. The number of halogens is 2. The molecule has 90 valence electrons. The standard InChI is InChI=1S/C6H4Br2O6S2.2Li/c7-3-1-4(15(9,10)11)6(8)5(2-3)16(12,13)14;;/h1-2H,(H,9,10,11)(H,12,13,14);;/q;2*+1/p-2. The second-order valence-corrected chi connectivity index (χ2v) is 7.03. The van der Waals surface area contributed by atoms with Gasteiger partial charge >= 0.3 is 37.7 Å². The zero-order valence-corrected chi connectivity index (χ0v) is 14.0. The molecule has 0 N–H and O–H groups in total. The van der Waals surface area contributed by atoms with Gasteiger partial charge in [-0.3, -0.25) is 0 Å². The van der Waals surface area contributed by atoms with E-state index in [2.05, 4.69) is 31.9 Å². The molecule has 0 aliphatic carbocycles. The number of hydrogen-bond acceptors (Lipinski definition) is 6. The summed E-state index contributed by atoms with van der Waals surface area (Å²) in [5.74, 6) is 0. The fourth-order valence-corrected chi connectivity index (χ4v) is 4.35. The van der Waals surface area contributed by atoms with Crippen molar-refractivity contribution >= 4 is 52.1 Å². The van der Waals surface area contributed by atoms with E-state index in [1.807, 2.05) is 0 Å². The number of benzene rings is 1. The van der Waals surface area contributed by atoms with Crippen LogP contribution in [0.25, 0.3) is 0 Å². The van der Waals surface area contributed by atoms with Crippen LogP contribution < -0.4 is 37.7 Å². The van der Waals surface area contributed by atoms with Crippen LogP contribution in [0.15, 0.2) is 30.9 Å². The molecule has 0 saturated carbocycles. The van der Waals surface area contributed by atoms with Gasteiger partial charge in [-0.05, 0) is 28.1 Å². The van der Waals surface area contributed by atoms with Gasteiger partial charge in [0.2, 0.25) is 0 Å². The fraction of sp³-hybridized carbons (Fsp3) is 0. The van der Waals surface area contributed by atoms with Gasteiger partial charge in [-0.1, -0.05) is 15.9 Å². The van der Waals surface area contributed by atoms with E-state index in [-0.39, 0.29) is 42.2 Å². The summed E-state index contributed by atoms with van der Waals surface area (Å²) in [7, 11) is -9.74. The summed E-state index contributed by atoms with van der Waals surface area (Å²) in [6.07, 6.45) is 0. The smallest absolute Gasteiger partial charge is 0.744 e. The molecule has 0 heterocycles. The summed E-state index contributed by atoms with van der Waals surface area (Å²) in [6.45, 7) is 0. The summed E-state index contributed by atoms with van der Waals surface area (Å²) in [5, 5.41) is 0. The van der Waals surface area contributed by atoms with Gasteiger partial charge in [0.25, 0.3) is 0 Å². The van der Waals surface area contributed by atoms with Crippen molar-refractivity contribution in [3.05, 3.63) is 21.1 Å². The molecule has 0 aliphatic rings. The zero-order valence-electron chi connectivity index (χ0n) is 9.18. The molecule has 0 saturated heterocycles. The van der Waals surface area contributed by atoms with Crippen molar-refractivity contribution in [3.63, 3.8) is 0 Å². The van der Waals surface area contributed by atoms with E-state index in [1.165, 1.54) is 0 Å². The molecule has 0 aliphatic heterocycles. The van der Waals surface area contributed by atoms with Crippen molar-refractivity contribution < 1.29 is 63.7 Å². The maximum absolute atomic E-state index is 10.8. The summed E-state index contributed by atoms with van der Waals surface area (Å²) >= 11 is 5.41. The van der Waals surface area contributed by atoms with Crippen LogP contribution in [-0.4, -0.2) is 25.9 Å². The van der Waals surface area contributed by atoms with Gasteiger partial charge in [0.15, 0.2) is 0 Å². The van der Waals surface area contributed by atoms with Gasteiger partial charge in [0, 0.05) is 4.47 Å². The van der Waals surface area contributed by atoms with Crippen molar-refractivity contribution in [3.8, 4) is 0 Å². The second kappa shape index (κ2) is 7.27. The molecule has 0 aromatic heterocycles. The molecular formula is C6H2Br2Li2O6S2. The maximum Gasteiger partial charge on any atom is 1.00 e. The quantitative estimate of drug-likeness (QED) is 0.358. The number of hydrogen-bond donors (Lipinski definition) is 0. The van der Waals surface area contributed by atoms with E-state index in [9.17, 15) is 25.9 Å². The van der Waals surface area contributed by atoms with Crippen molar-refractivity contribution in [2.24, 2.45) is 0 Å². The summed E-state index contributed by atoms with van der Waals surface area (Å²) in [5.41, 5.74) is 0. The van der Waals surface area contributed by atoms with E-state index in [4.69, 9.17) is 0 Å². The molecular weight excluding hydrogens is 406 g/mol. The minimum absolute atomic E-state index is 0. The Labute approximate surface area is 145 Å². The van der Waals surface area contributed by atoms with Gasteiger partial charge in [-0.2, -0.15) is 0 Å². The van der Waals surface area contributed by atoms with Gasteiger partial charge < -0.3 is 9.11 Å².